The van der Waals surface area contributed by atoms with Gasteiger partial charge in [-0.25, -0.2) is 14.8 Å². The zero-order valence-electron chi connectivity index (χ0n) is 31.1. The second kappa shape index (κ2) is 15.6. The smallest absolute Gasteiger partial charge is 0.410 e. The Morgan fingerprint density at radius 2 is 1.23 bits per heavy atom. The lowest BCUT2D eigenvalue weighted by molar-refractivity contribution is 0.0204. The first-order valence-electron chi connectivity index (χ1n) is 18.0. The van der Waals surface area contributed by atoms with Crippen LogP contribution in [0.2, 0.25) is 0 Å². The van der Waals surface area contributed by atoms with E-state index in [2.05, 4.69) is 49.5 Å². The van der Waals surface area contributed by atoms with Crippen molar-refractivity contribution >= 4 is 51.6 Å². The molecule has 0 atom stereocenters. The van der Waals surface area contributed by atoms with E-state index in [9.17, 15) is 24.9 Å². The maximum atomic E-state index is 13.0. The molecule has 0 saturated carbocycles. The summed E-state index contributed by atoms with van der Waals surface area (Å²) >= 11 is 0. The quantitative estimate of drug-likeness (QED) is 0.202. The number of carbonyl (C=O) groups is 1. The lowest BCUT2D eigenvalue weighted by Crippen LogP contribution is -2.41. The summed E-state index contributed by atoms with van der Waals surface area (Å²) in [5, 5.41) is 29.8. The average molecular weight is 771 g/mol. The van der Waals surface area contributed by atoms with Crippen LogP contribution in [0, 0.1) is 47.3 Å². The third-order valence-corrected chi connectivity index (χ3v) is 10.0. The van der Waals surface area contributed by atoms with Gasteiger partial charge in [0.25, 0.3) is 11.1 Å². The Hall–Kier alpha value is -6.58. The number of halogens is 1. The van der Waals surface area contributed by atoms with Crippen molar-refractivity contribution in [1.29, 1.82) is 10.5 Å². The van der Waals surface area contributed by atoms with Crippen LogP contribution in [0.5, 0.6) is 0 Å². The van der Waals surface area contributed by atoms with Crippen LogP contribution in [-0.2, 0) is 4.74 Å². The van der Waals surface area contributed by atoms with E-state index in [-0.39, 0.29) is 41.5 Å². The fraction of sp³-hybridized carbons (Fsp3) is 0.341. The number of carbonyl (C=O) groups excluding carboxylic acids is 1. The third-order valence-electron chi connectivity index (χ3n) is 10.0. The number of H-pyrrole nitrogens is 2. The lowest BCUT2D eigenvalue weighted by Gasteiger charge is -2.33. The Balaban J connectivity index is 0.000000192. The minimum absolute atomic E-state index is 0. The maximum Gasteiger partial charge on any atom is 0.410 e. The number of nitriles is 2. The topological polar surface area (TPSA) is 189 Å². The molecule has 2 aliphatic rings. The van der Waals surface area contributed by atoms with Crippen LogP contribution in [0.15, 0.2) is 46.0 Å². The van der Waals surface area contributed by atoms with E-state index in [4.69, 9.17) is 17.6 Å². The summed E-state index contributed by atoms with van der Waals surface area (Å²) in [6.07, 6.45) is 13.7. The monoisotopic (exact) mass is 770 g/mol. The van der Waals surface area contributed by atoms with Crippen LogP contribution in [0.1, 0.15) is 91.9 Å². The predicted octanol–water partition coefficient (Wildman–Crippen LogP) is 5.06. The fourth-order valence-electron chi connectivity index (χ4n) is 7.29. The molecule has 0 radical (unpaired) electrons. The van der Waals surface area contributed by atoms with E-state index in [1.165, 1.54) is 9.03 Å². The molecule has 14 nitrogen and oxygen atoms in total. The van der Waals surface area contributed by atoms with Gasteiger partial charge in [-0.05, 0) is 95.9 Å². The number of ether oxygens (including phenoxy) is 1. The van der Waals surface area contributed by atoms with E-state index in [0.717, 1.165) is 31.6 Å². The molecular weight excluding hydrogens is 732 g/mol. The van der Waals surface area contributed by atoms with E-state index >= 15 is 0 Å². The van der Waals surface area contributed by atoms with Crippen LogP contribution in [0.4, 0.5) is 4.79 Å². The van der Waals surface area contributed by atoms with Crippen molar-refractivity contribution in [2.45, 2.75) is 63.9 Å². The molecule has 8 rings (SSSR count). The molecule has 56 heavy (non-hydrogen) atoms. The highest BCUT2D eigenvalue weighted by atomic mass is 35.5. The van der Waals surface area contributed by atoms with Crippen LogP contribution < -0.4 is 16.4 Å². The number of nitrogens with one attached hydrogen (secondary N) is 3. The number of aromatic amines is 2. The number of hydrogen-bond donors (Lipinski definition) is 3. The minimum Gasteiger partial charge on any atom is -0.444 e. The molecule has 15 heteroatoms. The summed E-state index contributed by atoms with van der Waals surface area (Å²) in [6.45, 7) is 8.33. The Morgan fingerprint density at radius 1 is 0.786 bits per heavy atom. The van der Waals surface area contributed by atoms with E-state index in [1.807, 2.05) is 20.8 Å². The molecule has 0 bridgehead atoms. The molecule has 4 aromatic heterocycles. The summed E-state index contributed by atoms with van der Waals surface area (Å²) in [4.78, 5) is 48.9. The number of aromatic nitrogens is 6. The summed E-state index contributed by atoms with van der Waals surface area (Å²) in [7, 11) is 0. The molecule has 3 N–H and O–H groups in total. The molecule has 2 fully saturated rings. The van der Waals surface area contributed by atoms with Gasteiger partial charge in [0.2, 0.25) is 0 Å². The number of hydrogen-bond acceptors (Lipinski definition) is 9. The highest BCUT2D eigenvalue weighted by Gasteiger charge is 2.31. The fourth-order valence-corrected chi connectivity index (χ4v) is 7.29. The summed E-state index contributed by atoms with van der Waals surface area (Å²) < 4.78 is 8.14. The summed E-state index contributed by atoms with van der Waals surface area (Å²) in [5.41, 5.74) is 4.16. The third kappa shape index (κ3) is 7.29. The van der Waals surface area contributed by atoms with Crippen molar-refractivity contribution in [3.63, 3.8) is 0 Å². The zero-order chi connectivity index (χ0) is 39.0. The molecule has 0 spiro atoms. The van der Waals surface area contributed by atoms with Gasteiger partial charge in [0.05, 0.1) is 33.2 Å². The van der Waals surface area contributed by atoms with Gasteiger partial charge >= 0.3 is 6.09 Å². The Bertz CT molecular complexity index is 2800. The van der Waals surface area contributed by atoms with Gasteiger partial charge in [0.1, 0.15) is 28.9 Å². The molecular formula is C41H39ClN10O4. The molecule has 0 unspecified atom stereocenters. The van der Waals surface area contributed by atoms with Gasteiger partial charge in [-0.15, -0.1) is 25.3 Å². The number of benzene rings is 2. The van der Waals surface area contributed by atoms with Crippen LogP contribution >= 0.6 is 12.4 Å². The van der Waals surface area contributed by atoms with Crippen LogP contribution in [0.25, 0.3) is 33.1 Å². The first kappa shape index (κ1) is 39.1. The van der Waals surface area contributed by atoms with Crippen LogP contribution in [0.3, 0.4) is 0 Å². The number of amides is 1. The highest BCUT2D eigenvalue weighted by molar-refractivity contribution is 5.85. The first-order valence-corrected chi connectivity index (χ1v) is 18.0. The molecule has 0 aliphatic carbocycles. The van der Waals surface area contributed by atoms with Crippen molar-refractivity contribution in [2.24, 2.45) is 0 Å². The number of likely N-dealkylation sites (tertiary alicyclic amines) is 1. The molecule has 1 amide bonds. The number of terminal acetylenes is 2. The number of piperidine rings is 2. The average Bonchev–Trinajstić information content (AvgIpc) is 3.76. The molecule has 2 saturated heterocycles. The van der Waals surface area contributed by atoms with Gasteiger partial charge in [-0.2, -0.15) is 19.6 Å². The number of rotatable bonds is 2. The number of fused-ring (bicyclic) bond motifs is 4. The minimum atomic E-state index is -0.548. The summed E-state index contributed by atoms with van der Waals surface area (Å²) in [5.74, 6) is 5.28. The Morgan fingerprint density at radius 3 is 1.64 bits per heavy atom. The standard InChI is InChI=1S/C23H23N5O3.C18H15N5O.ClH/c1-5-14-6-7-18-16(12-14)21(29)28-20(25-18)17(13-24)19(26-28)15-8-10-27(11-9-15)22(30)31-23(2,3)4;1-2-11-3-4-15-13(9-11)18(24)23-17(21-15)14(10-19)16(22-23)12-5-7-20-8-6-12;/h1,6-7,12,15,26H,8-11H2,2-4H3;1,3-4,9,12,20,22H,5-8H2;1H. The van der Waals surface area contributed by atoms with E-state index in [0.29, 0.717) is 87.0 Å². The SMILES string of the molecule is C#Cc1ccc2nc3c(C#N)c(C4CCN(C(=O)OC(C)(C)C)CC4)[nH]n3c(=O)c2c1.C#Cc1ccc2nc3c(C#N)c(C4CCNCC4)[nH]n3c(=O)c2c1.Cl. The second-order valence-corrected chi connectivity index (χ2v) is 14.7. The first-order chi connectivity index (χ1) is 26.4. The maximum absolute atomic E-state index is 13.0. The van der Waals surface area contributed by atoms with Crippen molar-refractivity contribution in [1.82, 2.24) is 39.4 Å². The predicted molar refractivity (Wildman–Crippen MR) is 214 cm³/mol. The van der Waals surface area contributed by atoms with Crippen molar-refractivity contribution in [3.05, 3.63) is 90.7 Å². The molecule has 2 aromatic carbocycles. The van der Waals surface area contributed by atoms with Crippen LogP contribution in [-0.4, -0.2) is 72.0 Å². The Kier molecular flexibility index (Phi) is 10.9. The van der Waals surface area contributed by atoms with Crippen molar-refractivity contribution in [3.8, 4) is 36.8 Å². The lowest BCUT2D eigenvalue weighted by atomic mass is 9.91. The van der Waals surface area contributed by atoms with Crippen molar-refractivity contribution < 1.29 is 9.53 Å². The zero-order valence-corrected chi connectivity index (χ0v) is 31.9. The van der Waals surface area contributed by atoms with Gasteiger partial charge in [-0.1, -0.05) is 11.8 Å². The molecule has 6 heterocycles. The van der Waals surface area contributed by atoms with E-state index in [1.54, 1.807) is 41.3 Å². The largest absolute Gasteiger partial charge is 0.444 e. The molecule has 2 aliphatic heterocycles. The van der Waals surface area contributed by atoms with Gasteiger partial charge in [0.15, 0.2) is 11.3 Å². The van der Waals surface area contributed by atoms with Crippen molar-refractivity contribution in [2.75, 3.05) is 26.2 Å². The number of nitrogens with zero attached hydrogens (tertiary/aromatic N) is 7. The summed E-state index contributed by atoms with van der Waals surface area (Å²) in [6, 6.07) is 14.6. The van der Waals surface area contributed by atoms with E-state index < -0.39 is 5.60 Å². The highest BCUT2D eigenvalue weighted by Crippen LogP contribution is 2.32. The Labute approximate surface area is 327 Å². The molecule has 284 valence electrons. The molecule has 6 aromatic rings. The van der Waals surface area contributed by atoms with Gasteiger partial charge < -0.3 is 15.0 Å². The van der Waals surface area contributed by atoms with Gasteiger partial charge in [0, 0.05) is 36.1 Å². The van der Waals surface area contributed by atoms with Gasteiger partial charge in [-0.3, -0.25) is 19.8 Å². The normalized spacial score (nSPS) is 14.9. The second-order valence-electron chi connectivity index (χ2n) is 14.7.